The van der Waals surface area contributed by atoms with Crippen molar-refractivity contribution in [2.75, 3.05) is 5.32 Å². The molecular weight excluding hydrogens is 470 g/mol. The summed E-state index contributed by atoms with van der Waals surface area (Å²) < 4.78 is 32.6. The molecular formula is C23H19ClF2N4O4. The van der Waals surface area contributed by atoms with E-state index in [1.807, 2.05) is 6.92 Å². The maximum Gasteiger partial charge on any atom is 0.356 e. The van der Waals surface area contributed by atoms with Crippen LogP contribution in [0.2, 0.25) is 5.15 Å². The molecule has 34 heavy (non-hydrogen) atoms. The standard InChI is InChI=1S/C23H19ClF2N4O4/c1-10-6-14(12(3)28-16-4-5-17(24)29-18(16)22(32)33)21-15(7-10)19(31)11(2)20(34-21)13-8-27-30(9-13)23(25)26/h4-9,12,23,28H,1-3H3,(H,32,33). The van der Waals surface area contributed by atoms with Gasteiger partial charge in [0.2, 0.25) is 0 Å². The van der Waals surface area contributed by atoms with Crippen LogP contribution in [0.5, 0.6) is 0 Å². The molecule has 3 heterocycles. The molecule has 176 valence electrons. The lowest BCUT2D eigenvalue weighted by atomic mass is 9.99. The van der Waals surface area contributed by atoms with E-state index in [1.54, 1.807) is 26.0 Å². The molecule has 8 nitrogen and oxygen atoms in total. The molecule has 11 heteroatoms. The van der Waals surface area contributed by atoms with E-state index in [4.69, 9.17) is 16.0 Å². The number of rotatable bonds is 6. The Bertz CT molecular complexity index is 1480. The molecule has 0 aliphatic carbocycles. The van der Waals surface area contributed by atoms with Crippen molar-refractivity contribution < 1.29 is 23.1 Å². The van der Waals surface area contributed by atoms with Gasteiger partial charge in [-0.15, -0.1) is 0 Å². The molecule has 0 saturated heterocycles. The van der Waals surface area contributed by atoms with Crippen LogP contribution in [-0.2, 0) is 0 Å². The largest absolute Gasteiger partial charge is 0.476 e. The van der Waals surface area contributed by atoms with Crippen LogP contribution in [0.25, 0.3) is 22.3 Å². The number of pyridine rings is 1. The van der Waals surface area contributed by atoms with Crippen LogP contribution >= 0.6 is 11.6 Å². The number of carboxylic acid groups (broad SMARTS) is 1. The number of alkyl halides is 2. The van der Waals surface area contributed by atoms with Crippen LogP contribution in [0.1, 0.15) is 46.7 Å². The average Bonchev–Trinajstić information content (AvgIpc) is 3.27. The van der Waals surface area contributed by atoms with Crippen LogP contribution in [0.3, 0.4) is 0 Å². The fourth-order valence-corrected chi connectivity index (χ4v) is 3.90. The third-order valence-corrected chi connectivity index (χ3v) is 5.57. The number of nitrogens with one attached hydrogen (secondary N) is 1. The summed E-state index contributed by atoms with van der Waals surface area (Å²) in [6.45, 7) is 2.31. The lowest BCUT2D eigenvalue weighted by Gasteiger charge is -2.19. The average molecular weight is 489 g/mol. The number of hydrogen-bond acceptors (Lipinski definition) is 6. The second-order valence-electron chi connectivity index (χ2n) is 7.80. The van der Waals surface area contributed by atoms with E-state index < -0.39 is 18.6 Å². The minimum atomic E-state index is -2.83. The zero-order valence-corrected chi connectivity index (χ0v) is 19.0. The molecule has 1 unspecified atom stereocenters. The van der Waals surface area contributed by atoms with Crippen LogP contribution in [-0.4, -0.2) is 25.8 Å². The van der Waals surface area contributed by atoms with Gasteiger partial charge in [0.05, 0.1) is 28.9 Å². The maximum absolute atomic E-state index is 13.2. The van der Waals surface area contributed by atoms with E-state index in [0.717, 1.165) is 11.8 Å². The molecule has 0 saturated carbocycles. The van der Waals surface area contributed by atoms with Crippen LogP contribution in [0.15, 0.2) is 45.9 Å². The highest BCUT2D eigenvalue weighted by Crippen LogP contribution is 2.33. The fraction of sp³-hybridized carbons (Fsp3) is 0.217. The van der Waals surface area contributed by atoms with Gasteiger partial charge in [0.1, 0.15) is 16.5 Å². The Morgan fingerprint density at radius 1 is 1.26 bits per heavy atom. The first-order valence-corrected chi connectivity index (χ1v) is 10.5. The molecule has 0 radical (unpaired) electrons. The summed E-state index contributed by atoms with van der Waals surface area (Å²) in [7, 11) is 0. The Morgan fingerprint density at radius 2 is 2.00 bits per heavy atom. The first-order valence-electron chi connectivity index (χ1n) is 10.1. The van der Waals surface area contributed by atoms with Gasteiger partial charge in [-0.25, -0.2) is 14.5 Å². The molecule has 0 amide bonds. The molecule has 0 fully saturated rings. The zero-order chi connectivity index (χ0) is 24.7. The summed E-state index contributed by atoms with van der Waals surface area (Å²) in [5.41, 5.74) is 1.76. The number of halogens is 3. The third-order valence-electron chi connectivity index (χ3n) is 5.36. The highest BCUT2D eigenvalue weighted by molar-refractivity contribution is 6.29. The van der Waals surface area contributed by atoms with Gasteiger partial charge in [-0.05, 0) is 44.5 Å². The number of aromatic nitrogens is 3. The molecule has 2 N–H and O–H groups in total. The zero-order valence-electron chi connectivity index (χ0n) is 18.3. The van der Waals surface area contributed by atoms with E-state index in [9.17, 15) is 23.5 Å². The molecule has 0 spiro atoms. The normalized spacial score (nSPS) is 12.3. The van der Waals surface area contributed by atoms with Gasteiger partial charge < -0.3 is 14.8 Å². The van der Waals surface area contributed by atoms with Gasteiger partial charge in [0.25, 0.3) is 0 Å². The smallest absolute Gasteiger partial charge is 0.356 e. The SMILES string of the molecule is Cc1cc(C(C)Nc2ccc(Cl)nc2C(=O)O)c2oc(-c3cnn(C(F)F)c3)c(C)c(=O)c2c1. The second-order valence-corrected chi connectivity index (χ2v) is 8.19. The Kier molecular flexibility index (Phi) is 6.09. The van der Waals surface area contributed by atoms with Gasteiger partial charge in [-0.3, -0.25) is 4.79 Å². The minimum Gasteiger partial charge on any atom is -0.476 e. The van der Waals surface area contributed by atoms with E-state index >= 15 is 0 Å². The predicted octanol–water partition coefficient (Wildman–Crippen LogP) is 5.59. The summed E-state index contributed by atoms with van der Waals surface area (Å²) in [5.74, 6) is -1.13. The summed E-state index contributed by atoms with van der Waals surface area (Å²) in [4.78, 5) is 28.6. The van der Waals surface area contributed by atoms with Crippen molar-refractivity contribution in [2.45, 2.75) is 33.4 Å². The molecule has 1 atom stereocenters. The third kappa shape index (κ3) is 4.24. The van der Waals surface area contributed by atoms with Gasteiger partial charge >= 0.3 is 12.5 Å². The van der Waals surface area contributed by atoms with Crippen molar-refractivity contribution in [2.24, 2.45) is 0 Å². The Morgan fingerprint density at radius 3 is 2.65 bits per heavy atom. The number of aromatic carboxylic acids is 1. The number of nitrogens with zero attached hydrogens (tertiary/aromatic N) is 3. The number of anilines is 1. The Hall–Kier alpha value is -3.79. The number of benzene rings is 1. The van der Waals surface area contributed by atoms with Gasteiger partial charge in [-0.2, -0.15) is 13.9 Å². The quantitative estimate of drug-likeness (QED) is 0.340. The first kappa shape index (κ1) is 23.4. The van der Waals surface area contributed by atoms with Crippen molar-refractivity contribution in [3.63, 3.8) is 0 Å². The first-order chi connectivity index (χ1) is 16.1. The monoisotopic (exact) mass is 488 g/mol. The molecule has 4 rings (SSSR count). The molecule has 4 aromatic rings. The number of carbonyl (C=O) groups is 1. The van der Waals surface area contributed by atoms with Crippen LogP contribution in [0, 0.1) is 13.8 Å². The fourth-order valence-electron chi connectivity index (χ4n) is 3.75. The van der Waals surface area contributed by atoms with E-state index in [2.05, 4.69) is 15.4 Å². The Balaban J connectivity index is 1.87. The number of carboxylic acids is 1. The Labute approximate surface area is 196 Å². The molecule has 1 aromatic carbocycles. The number of aryl methyl sites for hydroxylation is 1. The van der Waals surface area contributed by atoms with Gasteiger partial charge in [0.15, 0.2) is 11.1 Å². The van der Waals surface area contributed by atoms with E-state index in [0.29, 0.717) is 15.6 Å². The van der Waals surface area contributed by atoms with Crippen molar-refractivity contribution in [3.05, 3.63) is 74.4 Å². The van der Waals surface area contributed by atoms with Crippen LogP contribution in [0.4, 0.5) is 14.5 Å². The lowest BCUT2D eigenvalue weighted by Crippen LogP contribution is -2.14. The molecule has 0 aliphatic rings. The summed E-state index contributed by atoms with van der Waals surface area (Å²) in [6, 6.07) is 5.92. The van der Waals surface area contributed by atoms with Gasteiger partial charge in [0, 0.05) is 17.3 Å². The summed E-state index contributed by atoms with van der Waals surface area (Å²) in [5, 5.41) is 16.5. The van der Waals surface area contributed by atoms with E-state index in [1.165, 1.54) is 18.3 Å². The molecule has 3 aromatic heterocycles. The predicted molar refractivity (Wildman–Crippen MR) is 123 cm³/mol. The molecule has 0 bridgehead atoms. The highest BCUT2D eigenvalue weighted by Gasteiger charge is 2.22. The highest BCUT2D eigenvalue weighted by atomic mass is 35.5. The maximum atomic E-state index is 13.2. The lowest BCUT2D eigenvalue weighted by molar-refractivity contribution is 0.0566. The van der Waals surface area contributed by atoms with Crippen LogP contribution < -0.4 is 10.7 Å². The van der Waals surface area contributed by atoms with Gasteiger partial charge in [-0.1, -0.05) is 17.7 Å². The van der Waals surface area contributed by atoms with Crippen molar-refractivity contribution in [1.29, 1.82) is 0 Å². The topological polar surface area (TPSA) is 110 Å². The second kappa shape index (κ2) is 8.86. The number of hydrogen-bond donors (Lipinski definition) is 2. The molecule has 0 aliphatic heterocycles. The summed E-state index contributed by atoms with van der Waals surface area (Å²) >= 11 is 5.84. The number of fused-ring (bicyclic) bond motifs is 1. The van der Waals surface area contributed by atoms with Crippen molar-refractivity contribution >= 4 is 34.2 Å². The van der Waals surface area contributed by atoms with E-state index in [-0.39, 0.29) is 44.4 Å². The van der Waals surface area contributed by atoms with Crippen molar-refractivity contribution in [1.82, 2.24) is 14.8 Å². The minimum absolute atomic E-state index is 0.0343. The van der Waals surface area contributed by atoms with Crippen molar-refractivity contribution in [3.8, 4) is 11.3 Å². The summed E-state index contributed by atoms with van der Waals surface area (Å²) in [6.07, 6.45) is 2.31.